The van der Waals surface area contributed by atoms with Crippen molar-refractivity contribution in [3.8, 4) is 0 Å². The van der Waals surface area contributed by atoms with Gasteiger partial charge in [0.2, 0.25) is 5.91 Å². The number of hydrogen-bond acceptors (Lipinski definition) is 7. The van der Waals surface area contributed by atoms with E-state index in [0.29, 0.717) is 20.9 Å². The summed E-state index contributed by atoms with van der Waals surface area (Å²) in [5, 5.41) is 5.26. The predicted molar refractivity (Wildman–Crippen MR) is 97.1 cm³/mol. The largest absolute Gasteiger partial charge is 0.304 e. The van der Waals surface area contributed by atoms with Crippen LogP contribution in [0, 0.1) is 0 Å². The molecule has 1 aromatic rings. The number of aliphatic imine (C=N–C) groups is 1. The minimum atomic E-state index is -0.276. The molecule has 0 saturated carbocycles. The monoisotopic (exact) mass is 369 g/mol. The number of hydrogen-bond donors (Lipinski definition) is 1. The van der Waals surface area contributed by atoms with Gasteiger partial charge in [-0.05, 0) is 17.5 Å². The standard InChI is InChI=1S/C13H11N3O2S4/c17-10(15-12-14-3-5-21-12)7-16-11(18)9(22-13(16)19)6-8-2-1-4-20-8/h1-2,4,6H,3,5,7H2,(H,14,15,17). The van der Waals surface area contributed by atoms with Gasteiger partial charge < -0.3 is 5.32 Å². The summed E-state index contributed by atoms with van der Waals surface area (Å²) in [6, 6.07) is 3.85. The van der Waals surface area contributed by atoms with Gasteiger partial charge in [-0.15, -0.1) is 11.3 Å². The first-order chi connectivity index (χ1) is 10.6. The summed E-state index contributed by atoms with van der Waals surface area (Å²) in [5.41, 5.74) is 0. The zero-order chi connectivity index (χ0) is 15.5. The lowest BCUT2D eigenvalue weighted by Gasteiger charge is -2.13. The molecule has 1 fully saturated rings. The number of thiophene rings is 1. The number of thiocarbonyl (C=S) groups is 1. The normalized spacial score (nSPS) is 19.9. The molecule has 114 valence electrons. The van der Waals surface area contributed by atoms with Crippen molar-refractivity contribution >= 4 is 74.5 Å². The van der Waals surface area contributed by atoms with Crippen molar-refractivity contribution in [1.29, 1.82) is 0 Å². The molecule has 22 heavy (non-hydrogen) atoms. The van der Waals surface area contributed by atoms with Crippen LogP contribution in [-0.2, 0) is 9.59 Å². The van der Waals surface area contributed by atoms with Gasteiger partial charge >= 0.3 is 0 Å². The van der Waals surface area contributed by atoms with Gasteiger partial charge in [0.15, 0.2) is 5.17 Å². The number of carbonyl (C=O) groups is 2. The maximum Gasteiger partial charge on any atom is 0.266 e. The predicted octanol–water partition coefficient (Wildman–Crippen LogP) is 2.17. The number of carbonyl (C=O) groups excluding carboxylic acids is 2. The van der Waals surface area contributed by atoms with E-state index in [1.807, 2.05) is 17.5 Å². The van der Waals surface area contributed by atoms with E-state index in [1.54, 1.807) is 17.4 Å². The molecule has 2 amide bonds. The zero-order valence-electron chi connectivity index (χ0n) is 11.3. The molecule has 0 unspecified atom stereocenters. The van der Waals surface area contributed by atoms with E-state index in [9.17, 15) is 9.59 Å². The Balaban J connectivity index is 1.65. The number of nitrogens with one attached hydrogen (secondary N) is 1. The Kier molecular flexibility index (Phi) is 4.97. The van der Waals surface area contributed by atoms with E-state index in [2.05, 4.69) is 10.3 Å². The Morgan fingerprint density at radius 2 is 2.41 bits per heavy atom. The maximum atomic E-state index is 12.4. The third-order valence-electron chi connectivity index (χ3n) is 2.82. The number of thioether (sulfide) groups is 2. The van der Waals surface area contributed by atoms with Gasteiger partial charge in [0.05, 0.1) is 11.4 Å². The molecule has 0 atom stereocenters. The van der Waals surface area contributed by atoms with Gasteiger partial charge in [-0.3, -0.25) is 19.5 Å². The number of rotatable bonds is 3. The molecule has 3 heterocycles. The van der Waals surface area contributed by atoms with E-state index >= 15 is 0 Å². The molecule has 1 aromatic heterocycles. The smallest absolute Gasteiger partial charge is 0.266 e. The van der Waals surface area contributed by atoms with Gasteiger partial charge in [0.1, 0.15) is 10.9 Å². The van der Waals surface area contributed by atoms with Crippen LogP contribution < -0.4 is 5.32 Å². The second-order valence-corrected chi connectivity index (χ2v) is 8.11. The molecule has 0 radical (unpaired) electrons. The maximum absolute atomic E-state index is 12.4. The molecule has 2 aliphatic rings. The Morgan fingerprint density at radius 1 is 1.55 bits per heavy atom. The van der Waals surface area contributed by atoms with Crippen LogP contribution in [-0.4, -0.2) is 45.0 Å². The third-order valence-corrected chi connectivity index (χ3v) is 5.91. The summed E-state index contributed by atoms with van der Waals surface area (Å²) >= 11 is 9.48. The number of nitrogens with zero attached hydrogens (tertiary/aromatic N) is 2. The molecule has 0 spiro atoms. The van der Waals surface area contributed by atoms with Crippen molar-refractivity contribution in [2.24, 2.45) is 4.99 Å². The highest BCUT2D eigenvalue weighted by atomic mass is 32.2. The van der Waals surface area contributed by atoms with Crippen LogP contribution in [0.1, 0.15) is 4.88 Å². The van der Waals surface area contributed by atoms with E-state index in [1.165, 1.54) is 28.4 Å². The fraction of sp³-hybridized carbons (Fsp3) is 0.231. The highest BCUT2D eigenvalue weighted by Gasteiger charge is 2.33. The lowest BCUT2D eigenvalue weighted by molar-refractivity contribution is -0.128. The number of amidine groups is 1. The van der Waals surface area contributed by atoms with Crippen LogP contribution in [0.4, 0.5) is 0 Å². The molecule has 5 nitrogen and oxygen atoms in total. The Labute approximate surface area is 145 Å². The molecule has 3 rings (SSSR count). The average molecular weight is 370 g/mol. The lowest BCUT2D eigenvalue weighted by Crippen LogP contribution is -2.40. The number of amides is 2. The Morgan fingerprint density at radius 3 is 3.09 bits per heavy atom. The fourth-order valence-electron chi connectivity index (χ4n) is 1.85. The molecule has 9 heteroatoms. The van der Waals surface area contributed by atoms with Crippen LogP contribution >= 0.6 is 47.1 Å². The SMILES string of the molecule is O=C(CN1C(=O)C(=Cc2cccs2)SC1=S)NC1=NCCS1. The van der Waals surface area contributed by atoms with E-state index in [0.717, 1.165) is 10.6 Å². The Bertz CT molecular complexity index is 681. The zero-order valence-corrected chi connectivity index (χ0v) is 14.5. The second-order valence-electron chi connectivity index (χ2n) is 4.37. The lowest BCUT2D eigenvalue weighted by atomic mass is 10.3. The summed E-state index contributed by atoms with van der Waals surface area (Å²) < 4.78 is 0.406. The Hall–Kier alpha value is -1.16. The highest BCUT2D eigenvalue weighted by Crippen LogP contribution is 2.33. The third kappa shape index (κ3) is 3.60. The molecule has 0 bridgehead atoms. The van der Waals surface area contributed by atoms with Gasteiger partial charge in [0.25, 0.3) is 5.91 Å². The summed E-state index contributed by atoms with van der Waals surface area (Å²) in [6.45, 7) is 0.636. The van der Waals surface area contributed by atoms with E-state index in [-0.39, 0.29) is 18.4 Å². The summed E-state index contributed by atoms with van der Waals surface area (Å²) in [4.78, 5) is 31.4. The van der Waals surface area contributed by atoms with Gasteiger partial charge in [-0.25, -0.2) is 0 Å². The van der Waals surface area contributed by atoms with Crippen LogP contribution in [0.15, 0.2) is 27.4 Å². The molecule has 0 aliphatic carbocycles. The first-order valence-corrected chi connectivity index (χ1v) is 9.48. The van der Waals surface area contributed by atoms with Crippen molar-refractivity contribution in [2.45, 2.75) is 0 Å². The van der Waals surface area contributed by atoms with Gasteiger partial charge in [-0.1, -0.05) is 41.8 Å². The van der Waals surface area contributed by atoms with Gasteiger partial charge in [0, 0.05) is 10.6 Å². The topological polar surface area (TPSA) is 61.8 Å². The van der Waals surface area contributed by atoms with Crippen molar-refractivity contribution < 1.29 is 9.59 Å². The van der Waals surface area contributed by atoms with Crippen molar-refractivity contribution in [2.75, 3.05) is 18.8 Å². The first-order valence-electron chi connectivity index (χ1n) is 6.39. The summed E-state index contributed by atoms with van der Waals surface area (Å²) in [5.74, 6) is 0.377. The van der Waals surface area contributed by atoms with Crippen LogP contribution in [0.2, 0.25) is 0 Å². The molecule has 0 aromatic carbocycles. The summed E-state index contributed by atoms with van der Waals surface area (Å²) in [7, 11) is 0. The molecule has 2 aliphatic heterocycles. The minimum Gasteiger partial charge on any atom is -0.304 e. The minimum absolute atomic E-state index is 0.0774. The fourth-order valence-corrected chi connectivity index (χ4v) is 4.57. The van der Waals surface area contributed by atoms with Crippen LogP contribution in [0.5, 0.6) is 0 Å². The molecule has 1 N–H and O–H groups in total. The molecular formula is C13H11N3O2S4. The molecular weight excluding hydrogens is 358 g/mol. The summed E-state index contributed by atoms with van der Waals surface area (Å²) in [6.07, 6.45) is 1.80. The van der Waals surface area contributed by atoms with Crippen molar-refractivity contribution in [1.82, 2.24) is 10.2 Å². The highest BCUT2D eigenvalue weighted by molar-refractivity contribution is 8.26. The van der Waals surface area contributed by atoms with E-state index < -0.39 is 0 Å². The average Bonchev–Trinajstić information content (AvgIpc) is 3.20. The van der Waals surface area contributed by atoms with Gasteiger partial charge in [-0.2, -0.15) is 0 Å². The van der Waals surface area contributed by atoms with Crippen LogP contribution in [0.3, 0.4) is 0 Å². The van der Waals surface area contributed by atoms with Crippen LogP contribution in [0.25, 0.3) is 6.08 Å². The second kappa shape index (κ2) is 6.95. The van der Waals surface area contributed by atoms with E-state index in [4.69, 9.17) is 12.2 Å². The molecule has 1 saturated heterocycles. The quantitative estimate of drug-likeness (QED) is 0.654. The van der Waals surface area contributed by atoms with Crippen molar-refractivity contribution in [3.63, 3.8) is 0 Å². The van der Waals surface area contributed by atoms with Crippen molar-refractivity contribution in [3.05, 3.63) is 27.3 Å². The first kappa shape index (κ1) is 15.7.